The number of aryl methyl sites for hydroxylation is 1. The van der Waals surface area contributed by atoms with Crippen molar-refractivity contribution in [1.29, 1.82) is 0 Å². The summed E-state index contributed by atoms with van der Waals surface area (Å²) in [6, 6.07) is 8.76. The number of carbonyl (C=O) groups is 1. The lowest BCUT2D eigenvalue weighted by Gasteiger charge is -2.30. The van der Waals surface area contributed by atoms with Gasteiger partial charge in [-0.15, -0.1) is 0 Å². The molecule has 2 heterocycles. The molecule has 9 heteroatoms. The van der Waals surface area contributed by atoms with E-state index in [1.54, 1.807) is 0 Å². The maximum absolute atomic E-state index is 14.7. The number of halogens is 2. The Bertz CT molecular complexity index is 1260. The van der Waals surface area contributed by atoms with Gasteiger partial charge in [-0.05, 0) is 48.9 Å². The molecule has 0 atom stereocenters. The van der Waals surface area contributed by atoms with Crippen LogP contribution in [0.2, 0.25) is 0 Å². The number of para-hydroxylation sites is 1. The molecule has 176 valence electrons. The summed E-state index contributed by atoms with van der Waals surface area (Å²) in [4.78, 5) is 23.0. The summed E-state index contributed by atoms with van der Waals surface area (Å²) in [5, 5.41) is 6.40. The van der Waals surface area contributed by atoms with Gasteiger partial charge in [-0.1, -0.05) is 43.5 Å². The molecule has 2 amide bonds. The fourth-order valence-corrected chi connectivity index (χ4v) is 4.17. The molecular weight excluding hydrogens is 456 g/mol. The predicted octanol–water partition coefficient (Wildman–Crippen LogP) is 5.78. The molecule has 2 aromatic carbocycles. The Kier molecular flexibility index (Phi) is 6.83. The van der Waals surface area contributed by atoms with Gasteiger partial charge in [0.25, 0.3) is 0 Å². The van der Waals surface area contributed by atoms with Crippen LogP contribution in [-0.4, -0.2) is 28.8 Å². The topological polar surface area (TPSA) is 70.1 Å². The smallest absolute Gasteiger partial charge is 0.328 e. The van der Waals surface area contributed by atoms with Crippen molar-refractivity contribution in [3.63, 3.8) is 0 Å². The minimum atomic E-state index is -0.856. The highest BCUT2D eigenvalue weighted by Gasteiger charge is 2.34. The monoisotopic (exact) mass is 481 g/mol. The molecule has 0 saturated heterocycles. The Morgan fingerprint density at radius 3 is 2.65 bits per heavy atom. The highest BCUT2D eigenvalue weighted by molar-refractivity contribution is 7.98. The highest BCUT2D eigenvalue weighted by Crippen LogP contribution is 2.39. The van der Waals surface area contributed by atoms with Gasteiger partial charge in [0.2, 0.25) is 0 Å². The second kappa shape index (κ2) is 9.80. The standard InChI is InChI=1S/C25H25F2N5OS/c1-5-11-28-15(3)16-10-9-14(2)17(12-16)21-18-13-29-25(33)32(23(18)31-24(30-21)34-4)22-19(26)7-6-8-20(22)27/h6-10,12,28H,3,5,11,13H2,1-2,4H3,(H,29,33). The van der Waals surface area contributed by atoms with Crippen molar-refractivity contribution in [3.8, 4) is 11.3 Å². The fraction of sp³-hybridized carbons (Fsp3) is 0.240. The molecule has 6 nitrogen and oxygen atoms in total. The number of hydrogen-bond acceptors (Lipinski definition) is 5. The Hall–Kier alpha value is -3.46. The van der Waals surface area contributed by atoms with Gasteiger partial charge in [0.05, 0.1) is 12.2 Å². The van der Waals surface area contributed by atoms with Gasteiger partial charge in [0.1, 0.15) is 17.3 Å². The number of hydrogen-bond donors (Lipinski definition) is 2. The molecule has 0 spiro atoms. The molecule has 1 aliphatic rings. The Labute approximate surface area is 201 Å². The predicted molar refractivity (Wildman–Crippen MR) is 132 cm³/mol. The Balaban J connectivity index is 1.92. The van der Waals surface area contributed by atoms with Crippen LogP contribution in [0.3, 0.4) is 0 Å². The van der Waals surface area contributed by atoms with Crippen LogP contribution in [0.5, 0.6) is 0 Å². The molecule has 0 radical (unpaired) electrons. The van der Waals surface area contributed by atoms with Crippen molar-refractivity contribution in [2.24, 2.45) is 0 Å². The number of urea groups is 1. The van der Waals surface area contributed by atoms with Crippen LogP contribution in [0, 0.1) is 18.6 Å². The molecule has 4 rings (SSSR count). The summed E-state index contributed by atoms with van der Waals surface area (Å²) in [5.74, 6) is -1.55. The number of carbonyl (C=O) groups excluding carboxylic acids is 1. The number of thioether (sulfide) groups is 1. The van der Waals surface area contributed by atoms with E-state index in [0.717, 1.165) is 52.4 Å². The number of fused-ring (bicyclic) bond motifs is 1. The highest BCUT2D eigenvalue weighted by atomic mass is 32.2. The zero-order valence-electron chi connectivity index (χ0n) is 19.2. The van der Waals surface area contributed by atoms with Crippen LogP contribution >= 0.6 is 11.8 Å². The average molecular weight is 482 g/mol. The van der Waals surface area contributed by atoms with Crippen molar-refractivity contribution in [3.05, 3.63) is 71.3 Å². The van der Waals surface area contributed by atoms with Crippen molar-refractivity contribution in [2.45, 2.75) is 32.0 Å². The average Bonchev–Trinajstić information content (AvgIpc) is 2.83. The second-order valence-electron chi connectivity index (χ2n) is 7.86. The molecule has 0 aliphatic carbocycles. The Morgan fingerprint density at radius 2 is 1.97 bits per heavy atom. The van der Waals surface area contributed by atoms with Crippen LogP contribution in [0.4, 0.5) is 25.1 Å². The quantitative estimate of drug-likeness (QED) is 0.331. The lowest BCUT2D eigenvalue weighted by molar-refractivity contribution is 0.246. The lowest BCUT2D eigenvalue weighted by atomic mass is 9.97. The number of nitrogens with one attached hydrogen (secondary N) is 2. The van der Waals surface area contributed by atoms with E-state index in [4.69, 9.17) is 4.98 Å². The molecule has 0 bridgehead atoms. The van der Waals surface area contributed by atoms with Crippen LogP contribution < -0.4 is 15.5 Å². The number of nitrogens with zero attached hydrogens (tertiary/aromatic N) is 3. The first-order chi connectivity index (χ1) is 16.3. The zero-order chi connectivity index (χ0) is 24.4. The summed E-state index contributed by atoms with van der Waals surface area (Å²) >= 11 is 1.29. The largest absolute Gasteiger partial charge is 0.385 e. The van der Waals surface area contributed by atoms with E-state index in [0.29, 0.717) is 16.4 Å². The number of anilines is 2. The molecule has 2 N–H and O–H groups in total. The van der Waals surface area contributed by atoms with Crippen LogP contribution in [0.25, 0.3) is 17.0 Å². The summed E-state index contributed by atoms with van der Waals surface area (Å²) in [7, 11) is 0. The molecule has 0 unspecified atom stereocenters. The minimum Gasteiger partial charge on any atom is -0.385 e. The van der Waals surface area contributed by atoms with Crippen molar-refractivity contribution in [2.75, 3.05) is 17.7 Å². The number of amides is 2. The van der Waals surface area contributed by atoms with Gasteiger partial charge in [-0.3, -0.25) is 0 Å². The SMILES string of the molecule is C=C(NCCC)c1ccc(C)c(-c2nc(SC)nc3c2CNC(=O)N3c2c(F)cccc2F)c1. The van der Waals surface area contributed by atoms with Gasteiger partial charge < -0.3 is 10.6 Å². The molecular formula is C25H25F2N5OS. The zero-order valence-corrected chi connectivity index (χ0v) is 20.0. The second-order valence-corrected chi connectivity index (χ2v) is 8.63. The first-order valence-corrected chi connectivity index (χ1v) is 12.1. The number of benzene rings is 2. The van der Waals surface area contributed by atoms with Gasteiger partial charge >= 0.3 is 6.03 Å². The number of aromatic nitrogens is 2. The van der Waals surface area contributed by atoms with Gasteiger partial charge in [0.15, 0.2) is 11.0 Å². The van der Waals surface area contributed by atoms with E-state index in [-0.39, 0.29) is 12.4 Å². The molecule has 34 heavy (non-hydrogen) atoms. The molecule has 3 aromatic rings. The third kappa shape index (κ3) is 4.35. The molecule has 1 aliphatic heterocycles. The van der Waals surface area contributed by atoms with Gasteiger partial charge in [-0.2, -0.15) is 0 Å². The van der Waals surface area contributed by atoms with E-state index in [1.807, 2.05) is 31.4 Å². The normalized spacial score (nSPS) is 12.9. The summed E-state index contributed by atoms with van der Waals surface area (Å²) in [6.45, 7) is 9.11. The van der Waals surface area contributed by atoms with E-state index in [2.05, 4.69) is 29.1 Å². The molecule has 1 aromatic heterocycles. The third-order valence-electron chi connectivity index (χ3n) is 5.57. The summed E-state index contributed by atoms with van der Waals surface area (Å²) < 4.78 is 29.4. The van der Waals surface area contributed by atoms with E-state index >= 15 is 0 Å². The van der Waals surface area contributed by atoms with Crippen LogP contribution in [0.1, 0.15) is 30.0 Å². The van der Waals surface area contributed by atoms with Gasteiger partial charge in [0, 0.05) is 23.4 Å². The first kappa shape index (κ1) is 23.7. The Morgan fingerprint density at radius 1 is 1.24 bits per heavy atom. The fourth-order valence-electron chi connectivity index (χ4n) is 3.81. The van der Waals surface area contributed by atoms with Gasteiger partial charge in [-0.25, -0.2) is 28.4 Å². The van der Waals surface area contributed by atoms with Crippen molar-refractivity contribution in [1.82, 2.24) is 20.6 Å². The summed E-state index contributed by atoms with van der Waals surface area (Å²) in [5.41, 5.74) is 4.19. The van der Waals surface area contributed by atoms with E-state index in [9.17, 15) is 13.6 Å². The van der Waals surface area contributed by atoms with Crippen molar-refractivity contribution >= 4 is 35.0 Å². The summed E-state index contributed by atoms with van der Waals surface area (Å²) in [6.07, 6.45) is 2.78. The van der Waals surface area contributed by atoms with Crippen LogP contribution in [-0.2, 0) is 6.54 Å². The molecule has 0 saturated carbocycles. The van der Waals surface area contributed by atoms with Crippen molar-refractivity contribution < 1.29 is 13.6 Å². The van der Waals surface area contributed by atoms with E-state index < -0.39 is 23.4 Å². The maximum Gasteiger partial charge on any atom is 0.328 e. The lowest BCUT2D eigenvalue weighted by Crippen LogP contribution is -2.43. The third-order valence-corrected chi connectivity index (χ3v) is 6.12. The maximum atomic E-state index is 14.7. The first-order valence-electron chi connectivity index (χ1n) is 10.9. The van der Waals surface area contributed by atoms with Crippen LogP contribution in [0.15, 0.2) is 48.1 Å². The number of rotatable bonds is 7. The molecule has 0 fully saturated rings. The van der Waals surface area contributed by atoms with E-state index in [1.165, 1.54) is 17.8 Å². The minimum absolute atomic E-state index is 0.128.